The first-order chi connectivity index (χ1) is 10.2. The summed E-state index contributed by atoms with van der Waals surface area (Å²) in [7, 11) is 0. The number of para-hydroxylation sites is 1. The zero-order valence-corrected chi connectivity index (χ0v) is 11.9. The molecule has 6 nitrogen and oxygen atoms in total. The number of hydrogen-bond acceptors (Lipinski definition) is 4. The summed E-state index contributed by atoms with van der Waals surface area (Å²) in [6, 6.07) is 9.04. The average molecular weight is 286 g/mol. The highest BCUT2D eigenvalue weighted by molar-refractivity contribution is 5.79. The summed E-state index contributed by atoms with van der Waals surface area (Å²) in [5.41, 5.74) is 0.669. The van der Waals surface area contributed by atoms with E-state index in [0.29, 0.717) is 18.8 Å². The van der Waals surface area contributed by atoms with E-state index in [-0.39, 0.29) is 5.91 Å². The second-order valence-corrected chi connectivity index (χ2v) is 4.50. The molecule has 21 heavy (non-hydrogen) atoms. The lowest BCUT2D eigenvalue weighted by Crippen LogP contribution is -2.31. The maximum Gasteiger partial charge on any atom is 0.244 e. The summed E-state index contributed by atoms with van der Waals surface area (Å²) in [5.74, 6) is 0.638. The molecule has 0 bridgehead atoms. The molecular weight excluding hydrogens is 268 g/mol. The van der Waals surface area contributed by atoms with E-state index in [1.165, 1.54) is 4.68 Å². The Balaban J connectivity index is 1.91. The maximum absolute atomic E-state index is 11.8. The van der Waals surface area contributed by atoms with Gasteiger partial charge < -0.3 is 10.1 Å². The predicted molar refractivity (Wildman–Crippen MR) is 78.7 cm³/mol. The number of nitrogens with one attached hydrogen (secondary N) is 1. The summed E-state index contributed by atoms with van der Waals surface area (Å²) in [6.07, 6.45) is 3.34. The second-order valence-electron chi connectivity index (χ2n) is 4.50. The molecule has 0 aliphatic rings. The maximum atomic E-state index is 11.8. The van der Waals surface area contributed by atoms with Gasteiger partial charge in [-0.05, 0) is 19.1 Å². The Kier molecular flexibility index (Phi) is 5.09. The normalized spacial score (nSPS) is 11.7. The zero-order chi connectivity index (χ0) is 15.1. The molecule has 1 heterocycles. The molecule has 1 N–H and O–H groups in total. The van der Waals surface area contributed by atoms with Crippen molar-refractivity contribution in [1.29, 1.82) is 0 Å². The molecule has 0 spiro atoms. The van der Waals surface area contributed by atoms with Gasteiger partial charge in [-0.25, -0.2) is 4.68 Å². The lowest BCUT2D eigenvalue weighted by atomic mass is 10.3. The van der Waals surface area contributed by atoms with Gasteiger partial charge >= 0.3 is 0 Å². The molecule has 0 aliphatic carbocycles. The molecule has 0 unspecified atom stereocenters. The lowest BCUT2D eigenvalue weighted by molar-refractivity contribution is -0.123. The molecule has 2 rings (SSSR count). The summed E-state index contributed by atoms with van der Waals surface area (Å²) >= 11 is 0. The van der Waals surface area contributed by atoms with Gasteiger partial charge in [-0.1, -0.05) is 29.5 Å². The van der Waals surface area contributed by atoms with E-state index in [2.05, 4.69) is 22.2 Å². The molecule has 0 fully saturated rings. The zero-order valence-electron chi connectivity index (χ0n) is 11.9. The minimum Gasteiger partial charge on any atom is -0.487 e. The van der Waals surface area contributed by atoms with E-state index in [4.69, 9.17) is 4.74 Å². The van der Waals surface area contributed by atoms with E-state index in [9.17, 15) is 4.79 Å². The van der Waals surface area contributed by atoms with Crippen LogP contribution in [-0.4, -0.2) is 27.4 Å². The highest BCUT2D eigenvalue weighted by Gasteiger charge is 2.15. The van der Waals surface area contributed by atoms with Gasteiger partial charge in [0.05, 0.1) is 6.20 Å². The van der Waals surface area contributed by atoms with Gasteiger partial charge in [0.25, 0.3) is 0 Å². The van der Waals surface area contributed by atoms with Crippen LogP contribution >= 0.6 is 0 Å². The summed E-state index contributed by atoms with van der Waals surface area (Å²) in [4.78, 5) is 11.8. The number of amides is 1. The van der Waals surface area contributed by atoms with Crippen LogP contribution in [0.25, 0.3) is 0 Å². The van der Waals surface area contributed by atoms with Crippen molar-refractivity contribution >= 4 is 5.91 Å². The highest BCUT2D eigenvalue weighted by Crippen LogP contribution is 2.11. The fraction of sp³-hybridized carbons (Fsp3) is 0.267. The van der Waals surface area contributed by atoms with E-state index in [1.54, 1.807) is 19.2 Å². The lowest BCUT2D eigenvalue weighted by Gasteiger charge is -2.10. The van der Waals surface area contributed by atoms with Crippen molar-refractivity contribution in [1.82, 2.24) is 20.3 Å². The van der Waals surface area contributed by atoms with Crippen LogP contribution in [-0.2, 0) is 11.4 Å². The number of rotatable bonds is 7. The molecule has 0 saturated heterocycles. The van der Waals surface area contributed by atoms with Crippen LogP contribution in [0.3, 0.4) is 0 Å². The minimum atomic E-state index is -0.428. The van der Waals surface area contributed by atoms with Crippen LogP contribution in [0.2, 0.25) is 0 Å². The average Bonchev–Trinajstić information content (AvgIpc) is 2.99. The number of aromatic nitrogens is 3. The molecule has 6 heteroatoms. The van der Waals surface area contributed by atoms with Crippen LogP contribution < -0.4 is 10.1 Å². The SMILES string of the molecule is C=CCNC(=O)[C@@H](C)n1cc(COc2ccccc2)nn1. The van der Waals surface area contributed by atoms with Gasteiger partial charge in [-0.3, -0.25) is 4.79 Å². The molecule has 1 atom stereocenters. The van der Waals surface area contributed by atoms with Crippen molar-refractivity contribution in [2.45, 2.75) is 19.6 Å². The molecule has 110 valence electrons. The van der Waals surface area contributed by atoms with E-state index in [0.717, 1.165) is 5.75 Å². The van der Waals surface area contributed by atoms with Crippen molar-refractivity contribution in [3.63, 3.8) is 0 Å². The fourth-order valence-electron chi connectivity index (χ4n) is 1.68. The Bertz CT molecular complexity index is 595. The first-order valence-electron chi connectivity index (χ1n) is 6.68. The second kappa shape index (κ2) is 7.23. The third-order valence-electron chi connectivity index (χ3n) is 2.88. The molecule has 0 radical (unpaired) electrons. The van der Waals surface area contributed by atoms with E-state index >= 15 is 0 Å². The quantitative estimate of drug-likeness (QED) is 0.787. The number of carbonyl (C=O) groups is 1. The van der Waals surface area contributed by atoms with Crippen LogP contribution in [0.5, 0.6) is 5.75 Å². The number of carbonyl (C=O) groups excluding carboxylic acids is 1. The largest absolute Gasteiger partial charge is 0.487 e. The van der Waals surface area contributed by atoms with Gasteiger partial charge in [-0.2, -0.15) is 0 Å². The molecule has 0 saturated carbocycles. The fourth-order valence-corrected chi connectivity index (χ4v) is 1.68. The van der Waals surface area contributed by atoms with Gasteiger partial charge in [-0.15, -0.1) is 11.7 Å². The number of ether oxygens (including phenoxy) is 1. The smallest absolute Gasteiger partial charge is 0.244 e. The molecule has 0 aliphatic heterocycles. The van der Waals surface area contributed by atoms with Crippen molar-refractivity contribution in [3.8, 4) is 5.75 Å². The number of benzene rings is 1. The highest BCUT2D eigenvalue weighted by atomic mass is 16.5. The van der Waals surface area contributed by atoms with Crippen LogP contribution in [0, 0.1) is 0 Å². The Morgan fingerprint density at radius 2 is 2.24 bits per heavy atom. The van der Waals surface area contributed by atoms with Crippen LogP contribution in [0.1, 0.15) is 18.7 Å². The van der Waals surface area contributed by atoms with Crippen LogP contribution in [0.4, 0.5) is 0 Å². The van der Waals surface area contributed by atoms with E-state index in [1.807, 2.05) is 30.3 Å². The van der Waals surface area contributed by atoms with Crippen molar-refractivity contribution in [3.05, 3.63) is 54.9 Å². The summed E-state index contributed by atoms with van der Waals surface area (Å²) < 4.78 is 7.10. The minimum absolute atomic E-state index is 0.129. The first kappa shape index (κ1) is 14.8. The first-order valence-corrected chi connectivity index (χ1v) is 6.68. The van der Waals surface area contributed by atoms with Gasteiger partial charge in [0, 0.05) is 6.54 Å². The Hall–Kier alpha value is -2.63. The van der Waals surface area contributed by atoms with Gasteiger partial charge in [0.15, 0.2) is 0 Å². The topological polar surface area (TPSA) is 69.0 Å². The Morgan fingerprint density at radius 3 is 2.95 bits per heavy atom. The number of hydrogen-bond donors (Lipinski definition) is 1. The standard InChI is InChI=1S/C15H18N4O2/c1-3-9-16-15(20)12(2)19-10-13(17-18-19)11-21-14-7-5-4-6-8-14/h3-8,10,12H,1,9,11H2,2H3,(H,16,20)/t12-/m1/s1. The predicted octanol–water partition coefficient (Wildman–Crippen LogP) is 1.72. The van der Waals surface area contributed by atoms with E-state index < -0.39 is 6.04 Å². The third-order valence-corrected chi connectivity index (χ3v) is 2.88. The van der Waals surface area contributed by atoms with Gasteiger partial charge in [0.1, 0.15) is 24.1 Å². The summed E-state index contributed by atoms with van der Waals surface area (Å²) in [5, 5.41) is 10.7. The van der Waals surface area contributed by atoms with Crippen molar-refractivity contribution in [2.75, 3.05) is 6.54 Å². The molecule has 2 aromatic rings. The third kappa shape index (κ3) is 4.17. The van der Waals surface area contributed by atoms with Crippen LogP contribution in [0.15, 0.2) is 49.2 Å². The summed E-state index contributed by atoms with van der Waals surface area (Å²) in [6.45, 7) is 6.06. The molecule has 1 aromatic carbocycles. The van der Waals surface area contributed by atoms with Gasteiger partial charge in [0.2, 0.25) is 5.91 Å². The monoisotopic (exact) mass is 286 g/mol. The number of nitrogens with zero attached hydrogens (tertiary/aromatic N) is 3. The molecule has 1 aromatic heterocycles. The van der Waals surface area contributed by atoms with Crippen molar-refractivity contribution < 1.29 is 9.53 Å². The molecular formula is C15H18N4O2. The molecule has 1 amide bonds. The Labute approximate surface area is 123 Å². The Morgan fingerprint density at radius 1 is 1.48 bits per heavy atom. The van der Waals surface area contributed by atoms with Crippen molar-refractivity contribution in [2.24, 2.45) is 0 Å².